The Kier molecular flexibility index (Phi) is 3.69. The van der Waals surface area contributed by atoms with E-state index in [1.807, 2.05) is 0 Å². The van der Waals surface area contributed by atoms with Crippen molar-refractivity contribution in [3.8, 4) is 11.5 Å². The summed E-state index contributed by atoms with van der Waals surface area (Å²) in [4.78, 5) is 14.9. The summed E-state index contributed by atoms with van der Waals surface area (Å²) >= 11 is 0. The minimum Gasteiger partial charge on any atom is -0.494 e. The number of rotatable bonds is 3. The van der Waals surface area contributed by atoms with Crippen LogP contribution in [0.1, 0.15) is 0 Å². The van der Waals surface area contributed by atoms with Crippen LogP contribution in [-0.4, -0.2) is 56.2 Å². The SMILES string of the molecule is COc1cc(OC2CN(C(=O)N(C)C)C2)ccc1N. The van der Waals surface area contributed by atoms with Gasteiger partial charge in [-0.2, -0.15) is 0 Å². The first-order valence-corrected chi connectivity index (χ1v) is 6.07. The van der Waals surface area contributed by atoms with Gasteiger partial charge in [0.15, 0.2) is 0 Å². The Bertz CT molecular complexity index is 470. The Morgan fingerprint density at radius 2 is 2.11 bits per heavy atom. The van der Waals surface area contributed by atoms with Crippen molar-refractivity contribution in [2.45, 2.75) is 6.10 Å². The maximum absolute atomic E-state index is 11.6. The van der Waals surface area contributed by atoms with Crippen molar-refractivity contribution < 1.29 is 14.3 Å². The van der Waals surface area contributed by atoms with Gasteiger partial charge in [0, 0.05) is 20.2 Å². The number of carbonyl (C=O) groups is 1. The van der Waals surface area contributed by atoms with Crippen LogP contribution in [0.15, 0.2) is 18.2 Å². The van der Waals surface area contributed by atoms with Crippen molar-refractivity contribution in [3.63, 3.8) is 0 Å². The molecule has 2 rings (SSSR count). The zero-order chi connectivity index (χ0) is 14.0. The molecule has 2 N–H and O–H groups in total. The number of nitrogens with zero attached hydrogens (tertiary/aromatic N) is 2. The molecular weight excluding hydrogens is 246 g/mol. The number of hydrogen-bond acceptors (Lipinski definition) is 4. The zero-order valence-corrected chi connectivity index (χ0v) is 11.4. The maximum Gasteiger partial charge on any atom is 0.319 e. The number of anilines is 1. The van der Waals surface area contributed by atoms with Crippen LogP contribution in [-0.2, 0) is 0 Å². The van der Waals surface area contributed by atoms with Crippen molar-refractivity contribution in [2.24, 2.45) is 0 Å². The molecule has 0 bridgehead atoms. The number of methoxy groups -OCH3 is 1. The molecule has 0 aromatic heterocycles. The normalized spacial score (nSPS) is 14.8. The Morgan fingerprint density at radius 3 is 2.68 bits per heavy atom. The summed E-state index contributed by atoms with van der Waals surface area (Å²) in [6, 6.07) is 5.31. The van der Waals surface area contributed by atoms with Crippen molar-refractivity contribution in [1.29, 1.82) is 0 Å². The average molecular weight is 265 g/mol. The quantitative estimate of drug-likeness (QED) is 0.829. The number of benzene rings is 1. The number of hydrogen-bond donors (Lipinski definition) is 1. The topological polar surface area (TPSA) is 68.0 Å². The lowest BCUT2D eigenvalue weighted by atomic mass is 10.2. The van der Waals surface area contributed by atoms with E-state index in [0.29, 0.717) is 30.3 Å². The summed E-state index contributed by atoms with van der Waals surface area (Å²) in [5.74, 6) is 1.30. The van der Waals surface area contributed by atoms with Gasteiger partial charge in [0.2, 0.25) is 0 Å². The molecule has 0 radical (unpaired) electrons. The molecule has 1 aromatic carbocycles. The standard InChI is InChI=1S/C13H19N3O3/c1-15(2)13(17)16-7-10(8-16)19-9-4-5-11(14)12(6-9)18-3/h4-6,10H,7-8,14H2,1-3H3. The highest BCUT2D eigenvalue weighted by atomic mass is 16.5. The number of carbonyl (C=O) groups excluding carboxylic acids is 1. The number of nitrogens with two attached hydrogens (primary N) is 1. The van der Waals surface area contributed by atoms with Crippen LogP contribution in [0.4, 0.5) is 10.5 Å². The van der Waals surface area contributed by atoms with Crippen LogP contribution in [0.3, 0.4) is 0 Å². The summed E-state index contributed by atoms with van der Waals surface area (Å²) < 4.78 is 10.9. The number of amides is 2. The van der Waals surface area contributed by atoms with Crippen LogP contribution in [0.2, 0.25) is 0 Å². The number of urea groups is 1. The predicted octanol–water partition coefficient (Wildman–Crippen LogP) is 1.02. The summed E-state index contributed by atoms with van der Waals surface area (Å²) in [5, 5.41) is 0. The van der Waals surface area contributed by atoms with E-state index in [2.05, 4.69) is 0 Å². The first kappa shape index (κ1) is 13.3. The Labute approximate surface area is 112 Å². The lowest BCUT2D eigenvalue weighted by Crippen LogP contribution is -2.58. The van der Waals surface area contributed by atoms with Crippen LogP contribution in [0, 0.1) is 0 Å². The van der Waals surface area contributed by atoms with Gasteiger partial charge >= 0.3 is 6.03 Å². The van der Waals surface area contributed by atoms with Crippen molar-refractivity contribution >= 4 is 11.7 Å². The molecule has 6 heteroatoms. The Hall–Kier alpha value is -2.11. The molecule has 1 saturated heterocycles. The molecule has 1 aromatic rings. The molecule has 2 amide bonds. The molecular formula is C13H19N3O3. The van der Waals surface area contributed by atoms with E-state index in [4.69, 9.17) is 15.2 Å². The van der Waals surface area contributed by atoms with E-state index in [-0.39, 0.29) is 12.1 Å². The van der Waals surface area contributed by atoms with Gasteiger partial charge < -0.3 is 25.0 Å². The second-order valence-corrected chi connectivity index (χ2v) is 4.73. The lowest BCUT2D eigenvalue weighted by molar-refractivity contribution is 0.0355. The molecule has 0 spiro atoms. The maximum atomic E-state index is 11.6. The van der Waals surface area contributed by atoms with Crippen molar-refractivity contribution in [2.75, 3.05) is 40.0 Å². The summed E-state index contributed by atoms with van der Waals surface area (Å²) in [7, 11) is 5.04. The fourth-order valence-electron chi connectivity index (χ4n) is 1.91. The van der Waals surface area contributed by atoms with Crippen LogP contribution in [0.25, 0.3) is 0 Å². The molecule has 0 saturated carbocycles. The average Bonchev–Trinajstić information content (AvgIpc) is 2.34. The first-order chi connectivity index (χ1) is 9.01. The highest BCUT2D eigenvalue weighted by Crippen LogP contribution is 2.28. The van der Waals surface area contributed by atoms with Gasteiger partial charge in [-0.1, -0.05) is 0 Å². The lowest BCUT2D eigenvalue weighted by Gasteiger charge is -2.40. The second-order valence-electron chi connectivity index (χ2n) is 4.73. The number of nitrogen functional groups attached to an aromatic ring is 1. The van der Waals surface area contributed by atoms with E-state index in [0.717, 1.165) is 0 Å². The molecule has 1 heterocycles. The largest absolute Gasteiger partial charge is 0.494 e. The third-order valence-electron chi connectivity index (χ3n) is 3.01. The summed E-state index contributed by atoms with van der Waals surface area (Å²) in [5.41, 5.74) is 6.31. The predicted molar refractivity (Wildman–Crippen MR) is 72.5 cm³/mol. The molecule has 6 nitrogen and oxygen atoms in total. The van der Waals surface area contributed by atoms with E-state index >= 15 is 0 Å². The van der Waals surface area contributed by atoms with Crippen LogP contribution in [0.5, 0.6) is 11.5 Å². The van der Waals surface area contributed by atoms with Crippen LogP contribution < -0.4 is 15.2 Å². The fraction of sp³-hybridized carbons (Fsp3) is 0.462. The molecule has 0 unspecified atom stereocenters. The highest BCUT2D eigenvalue weighted by Gasteiger charge is 2.33. The summed E-state index contributed by atoms with van der Waals surface area (Å²) in [6.45, 7) is 1.20. The van der Waals surface area contributed by atoms with Crippen molar-refractivity contribution in [3.05, 3.63) is 18.2 Å². The summed E-state index contributed by atoms with van der Waals surface area (Å²) in [6.07, 6.45) is 0.0252. The van der Waals surface area contributed by atoms with Gasteiger partial charge in [0.25, 0.3) is 0 Å². The second kappa shape index (κ2) is 5.26. The Balaban J connectivity index is 1.89. The third-order valence-corrected chi connectivity index (χ3v) is 3.01. The van der Waals surface area contributed by atoms with E-state index in [1.54, 1.807) is 49.2 Å². The first-order valence-electron chi connectivity index (χ1n) is 6.07. The fourth-order valence-corrected chi connectivity index (χ4v) is 1.91. The molecule has 19 heavy (non-hydrogen) atoms. The van der Waals surface area contributed by atoms with Crippen molar-refractivity contribution in [1.82, 2.24) is 9.80 Å². The zero-order valence-electron chi connectivity index (χ0n) is 11.4. The third kappa shape index (κ3) is 2.83. The minimum atomic E-state index is 0.00902. The smallest absolute Gasteiger partial charge is 0.319 e. The molecule has 0 aliphatic carbocycles. The molecule has 1 fully saturated rings. The van der Waals surface area contributed by atoms with E-state index < -0.39 is 0 Å². The molecule has 0 atom stereocenters. The van der Waals surface area contributed by atoms with Gasteiger partial charge in [0.05, 0.1) is 25.9 Å². The van der Waals surface area contributed by atoms with Gasteiger partial charge in [-0.3, -0.25) is 0 Å². The highest BCUT2D eigenvalue weighted by molar-refractivity contribution is 5.74. The van der Waals surface area contributed by atoms with Gasteiger partial charge in [0.1, 0.15) is 17.6 Å². The van der Waals surface area contributed by atoms with E-state index in [1.165, 1.54) is 0 Å². The molecule has 1 aliphatic heterocycles. The number of likely N-dealkylation sites (tertiary alicyclic amines) is 1. The number of ether oxygens (including phenoxy) is 2. The van der Waals surface area contributed by atoms with Gasteiger partial charge in [-0.25, -0.2) is 4.79 Å². The monoisotopic (exact) mass is 265 g/mol. The van der Waals surface area contributed by atoms with E-state index in [9.17, 15) is 4.79 Å². The molecule has 1 aliphatic rings. The molecule has 104 valence electrons. The van der Waals surface area contributed by atoms with Gasteiger partial charge in [-0.15, -0.1) is 0 Å². The Morgan fingerprint density at radius 1 is 1.42 bits per heavy atom. The van der Waals surface area contributed by atoms with Gasteiger partial charge in [-0.05, 0) is 12.1 Å². The van der Waals surface area contributed by atoms with Crippen LogP contribution >= 0.6 is 0 Å². The minimum absolute atomic E-state index is 0.00902.